The van der Waals surface area contributed by atoms with E-state index in [4.69, 9.17) is 0 Å². The van der Waals surface area contributed by atoms with Gasteiger partial charge in [0.25, 0.3) is 10.2 Å². The highest BCUT2D eigenvalue weighted by molar-refractivity contribution is 9.09. The lowest BCUT2D eigenvalue weighted by atomic mass is 10.0. The molecule has 0 spiro atoms. The summed E-state index contributed by atoms with van der Waals surface area (Å²) in [4.78, 5) is 0.315. The van der Waals surface area contributed by atoms with Crippen LogP contribution in [0.25, 0.3) is 0 Å². The van der Waals surface area contributed by atoms with Crippen LogP contribution >= 0.6 is 15.9 Å². The van der Waals surface area contributed by atoms with Crippen molar-refractivity contribution in [1.82, 2.24) is 8.61 Å². The molecule has 0 aromatic heterocycles. The number of rotatable bonds is 2. The molecule has 6 heteroatoms. The zero-order chi connectivity index (χ0) is 12.5. The quantitative estimate of drug-likeness (QED) is 0.727. The third-order valence-electron chi connectivity index (χ3n) is 3.72. The van der Waals surface area contributed by atoms with E-state index in [1.807, 2.05) is 0 Å². The van der Waals surface area contributed by atoms with Gasteiger partial charge in [0.2, 0.25) is 0 Å². The molecule has 1 atom stereocenters. The molecule has 0 saturated carbocycles. The molecule has 2 rings (SSSR count). The van der Waals surface area contributed by atoms with Crippen LogP contribution in [-0.2, 0) is 10.2 Å². The number of hydrogen-bond donors (Lipinski definition) is 0. The molecule has 2 aliphatic heterocycles. The van der Waals surface area contributed by atoms with Crippen LogP contribution in [0.2, 0.25) is 0 Å². The molecule has 0 aliphatic carbocycles. The number of piperidine rings is 2. The van der Waals surface area contributed by atoms with Crippen LogP contribution in [0.4, 0.5) is 0 Å². The van der Waals surface area contributed by atoms with E-state index in [1.54, 1.807) is 8.61 Å². The molecule has 2 heterocycles. The summed E-state index contributed by atoms with van der Waals surface area (Å²) >= 11 is 3.53. The van der Waals surface area contributed by atoms with Gasteiger partial charge in [-0.2, -0.15) is 17.0 Å². The van der Waals surface area contributed by atoms with Crippen molar-refractivity contribution in [2.24, 2.45) is 5.92 Å². The van der Waals surface area contributed by atoms with E-state index in [2.05, 4.69) is 22.9 Å². The lowest BCUT2D eigenvalue weighted by molar-refractivity contribution is 0.255. The first-order valence-corrected chi connectivity index (χ1v) is 8.70. The Morgan fingerprint density at radius 3 is 2.29 bits per heavy atom. The van der Waals surface area contributed by atoms with Crippen molar-refractivity contribution in [1.29, 1.82) is 0 Å². The van der Waals surface area contributed by atoms with Gasteiger partial charge in [-0.25, -0.2) is 0 Å². The van der Waals surface area contributed by atoms with Gasteiger partial charge < -0.3 is 0 Å². The van der Waals surface area contributed by atoms with E-state index in [-0.39, 0.29) is 0 Å². The SMILES string of the molecule is CC1CCN(S(=O)(=O)N2CCCC(Br)C2)CC1. The van der Waals surface area contributed by atoms with Crippen molar-refractivity contribution in [3.05, 3.63) is 0 Å². The third kappa shape index (κ3) is 3.22. The van der Waals surface area contributed by atoms with Gasteiger partial charge in [0, 0.05) is 31.0 Å². The second-order valence-electron chi connectivity index (χ2n) is 5.19. The van der Waals surface area contributed by atoms with Gasteiger partial charge in [-0.3, -0.25) is 0 Å². The Labute approximate surface area is 113 Å². The summed E-state index contributed by atoms with van der Waals surface area (Å²) in [6.45, 7) is 4.87. The maximum atomic E-state index is 12.4. The number of halogens is 1. The van der Waals surface area contributed by atoms with Crippen molar-refractivity contribution in [2.75, 3.05) is 26.2 Å². The van der Waals surface area contributed by atoms with E-state index < -0.39 is 10.2 Å². The smallest absolute Gasteiger partial charge is 0.195 e. The largest absolute Gasteiger partial charge is 0.282 e. The lowest BCUT2D eigenvalue weighted by Gasteiger charge is -2.36. The third-order valence-corrected chi connectivity index (χ3v) is 6.47. The van der Waals surface area contributed by atoms with Gasteiger partial charge in [-0.1, -0.05) is 22.9 Å². The van der Waals surface area contributed by atoms with Crippen molar-refractivity contribution < 1.29 is 8.42 Å². The minimum absolute atomic E-state index is 0.315. The predicted octanol–water partition coefficient (Wildman–Crippen LogP) is 1.82. The summed E-state index contributed by atoms with van der Waals surface area (Å²) in [7, 11) is -3.20. The summed E-state index contributed by atoms with van der Waals surface area (Å²) in [5.41, 5.74) is 0. The average molecular weight is 325 g/mol. The van der Waals surface area contributed by atoms with Gasteiger partial charge in [0.15, 0.2) is 0 Å². The summed E-state index contributed by atoms with van der Waals surface area (Å²) in [5.74, 6) is 0.659. The zero-order valence-electron chi connectivity index (χ0n) is 10.3. The fraction of sp³-hybridized carbons (Fsp3) is 1.00. The fourth-order valence-electron chi connectivity index (χ4n) is 2.48. The van der Waals surface area contributed by atoms with E-state index in [9.17, 15) is 8.42 Å². The van der Waals surface area contributed by atoms with Gasteiger partial charge in [0.05, 0.1) is 0 Å². The maximum absolute atomic E-state index is 12.4. The van der Waals surface area contributed by atoms with Crippen molar-refractivity contribution in [3.63, 3.8) is 0 Å². The molecule has 0 amide bonds. The Balaban J connectivity index is 2.02. The Hall–Kier alpha value is 0.350. The first-order chi connectivity index (χ1) is 8.00. The minimum atomic E-state index is -3.20. The molecule has 0 radical (unpaired) electrons. The first kappa shape index (κ1) is 13.8. The number of nitrogens with zero attached hydrogens (tertiary/aromatic N) is 2. The summed E-state index contributed by atoms with van der Waals surface area (Å²) in [6, 6.07) is 0. The molecule has 2 aliphatic rings. The van der Waals surface area contributed by atoms with Crippen LogP contribution in [0, 0.1) is 5.92 Å². The van der Waals surface area contributed by atoms with Crippen molar-refractivity contribution in [3.8, 4) is 0 Å². The van der Waals surface area contributed by atoms with Gasteiger partial charge >= 0.3 is 0 Å². The number of hydrogen-bond acceptors (Lipinski definition) is 2. The predicted molar refractivity (Wildman–Crippen MR) is 72.4 cm³/mol. The highest BCUT2D eigenvalue weighted by Crippen LogP contribution is 2.24. The molecule has 0 aromatic rings. The van der Waals surface area contributed by atoms with Gasteiger partial charge in [0.1, 0.15) is 0 Å². The normalized spacial score (nSPS) is 30.6. The first-order valence-electron chi connectivity index (χ1n) is 6.39. The second kappa shape index (κ2) is 5.55. The molecular formula is C11H21BrN2O2S. The topological polar surface area (TPSA) is 40.6 Å². The summed E-state index contributed by atoms with van der Waals surface area (Å²) < 4.78 is 28.2. The van der Waals surface area contributed by atoms with Crippen LogP contribution < -0.4 is 0 Å². The van der Waals surface area contributed by atoms with Gasteiger partial charge in [-0.15, -0.1) is 0 Å². The maximum Gasteiger partial charge on any atom is 0.282 e. The van der Waals surface area contributed by atoms with E-state index >= 15 is 0 Å². The molecule has 0 N–H and O–H groups in total. The van der Waals surface area contributed by atoms with Crippen LogP contribution in [0.5, 0.6) is 0 Å². The lowest BCUT2D eigenvalue weighted by Crippen LogP contribution is -2.50. The number of alkyl halides is 1. The second-order valence-corrected chi connectivity index (χ2v) is 8.41. The Morgan fingerprint density at radius 2 is 1.71 bits per heavy atom. The van der Waals surface area contributed by atoms with Gasteiger partial charge in [-0.05, 0) is 31.6 Å². The molecule has 2 saturated heterocycles. The molecule has 2 fully saturated rings. The molecule has 1 unspecified atom stereocenters. The van der Waals surface area contributed by atoms with Crippen LogP contribution in [0.3, 0.4) is 0 Å². The van der Waals surface area contributed by atoms with Crippen molar-refractivity contribution >= 4 is 26.1 Å². The van der Waals surface area contributed by atoms with Crippen LogP contribution in [-0.4, -0.2) is 48.0 Å². The highest BCUT2D eigenvalue weighted by atomic mass is 79.9. The van der Waals surface area contributed by atoms with Crippen LogP contribution in [0.1, 0.15) is 32.6 Å². The highest BCUT2D eigenvalue weighted by Gasteiger charge is 2.34. The zero-order valence-corrected chi connectivity index (χ0v) is 12.7. The minimum Gasteiger partial charge on any atom is -0.195 e. The molecule has 100 valence electrons. The molecule has 0 aromatic carbocycles. The van der Waals surface area contributed by atoms with Crippen molar-refractivity contribution in [2.45, 2.75) is 37.4 Å². The summed E-state index contributed by atoms with van der Waals surface area (Å²) in [6.07, 6.45) is 4.01. The Kier molecular flexibility index (Phi) is 4.50. The molecule has 4 nitrogen and oxygen atoms in total. The average Bonchev–Trinajstić information content (AvgIpc) is 2.29. The van der Waals surface area contributed by atoms with E-state index in [0.717, 1.165) is 25.7 Å². The Morgan fingerprint density at radius 1 is 1.06 bits per heavy atom. The molecule has 0 bridgehead atoms. The molecule has 17 heavy (non-hydrogen) atoms. The standard InChI is InChI=1S/C11H21BrN2O2S/c1-10-4-7-13(8-5-10)17(15,16)14-6-2-3-11(12)9-14/h10-11H,2-9H2,1H3. The fourth-order valence-corrected chi connectivity index (χ4v) is 5.07. The van der Waals surface area contributed by atoms with Crippen LogP contribution in [0.15, 0.2) is 0 Å². The molecular weight excluding hydrogens is 304 g/mol. The van der Waals surface area contributed by atoms with E-state index in [1.165, 1.54) is 0 Å². The summed E-state index contributed by atoms with van der Waals surface area (Å²) in [5, 5.41) is 0. The monoisotopic (exact) mass is 324 g/mol. The van der Waals surface area contributed by atoms with E-state index in [0.29, 0.717) is 36.9 Å². The Bertz CT molecular complexity index is 352.